The Balaban J connectivity index is 1.70. The lowest BCUT2D eigenvalue weighted by atomic mass is 10.2. The Morgan fingerprint density at radius 2 is 1.78 bits per heavy atom. The highest BCUT2D eigenvalue weighted by molar-refractivity contribution is 7.17. The van der Waals surface area contributed by atoms with Crippen LogP contribution < -0.4 is 16.6 Å². The van der Waals surface area contributed by atoms with E-state index in [0.717, 1.165) is 26.5 Å². The number of benzene rings is 2. The van der Waals surface area contributed by atoms with Crippen LogP contribution in [0.25, 0.3) is 15.9 Å². The van der Waals surface area contributed by atoms with Gasteiger partial charge in [0.1, 0.15) is 17.1 Å². The number of halogens is 1. The maximum absolute atomic E-state index is 14.3. The molecule has 4 rings (SSSR count). The Hall–Kier alpha value is -4.05. The summed E-state index contributed by atoms with van der Waals surface area (Å²) in [5.41, 5.74) is -0.667. The minimum atomic E-state index is -0.831. The van der Waals surface area contributed by atoms with E-state index in [0.29, 0.717) is 11.3 Å². The molecule has 4 aromatic rings. The largest absolute Gasteiger partial charge is 0.465 e. The van der Waals surface area contributed by atoms with E-state index in [9.17, 15) is 23.6 Å². The molecule has 0 unspecified atom stereocenters. The number of aromatic nitrogens is 2. The Kier molecular flexibility index (Phi) is 5.69. The number of ether oxygens (including phenoxy) is 1. The number of amides is 1. The van der Waals surface area contributed by atoms with Crippen molar-refractivity contribution in [3.05, 3.63) is 92.2 Å². The fourth-order valence-electron chi connectivity index (χ4n) is 3.24. The molecule has 162 valence electrons. The van der Waals surface area contributed by atoms with E-state index in [1.165, 1.54) is 49.6 Å². The van der Waals surface area contributed by atoms with E-state index >= 15 is 0 Å². The SMILES string of the molecule is COC(=O)c1ccc(NC(=O)Cn2c(=O)n(-c3ccccc3F)c(=O)c3sccc32)cc1. The lowest BCUT2D eigenvalue weighted by Crippen LogP contribution is -2.40. The number of thiophene rings is 1. The minimum Gasteiger partial charge on any atom is -0.465 e. The first-order chi connectivity index (χ1) is 15.4. The van der Waals surface area contributed by atoms with Gasteiger partial charge in [-0.15, -0.1) is 11.3 Å². The number of fused-ring (bicyclic) bond motifs is 1. The number of hydrogen-bond acceptors (Lipinski definition) is 6. The molecule has 0 aliphatic carbocycles. The van der Waals surface area contributed by atoms with Crippen molar-refractivity contribution in [1.82, 2.24) is 9.13 Å². The van der Waals surface area contributed by atoms with Gasteiger partial charge in [-0.05, 0) is 47.8 Å². The van der Waals surface area contributed by atoms with Crippen LogP contribution in [0.5, 0.6) is 0 Å². The van der Waals surface area contributed by atoms with Crippen molar-refractivity contribution in [2.45, 2.75) is 6.54 Å². The number of carbonyl (C=O) groups is 2. The Morgan fingerprint density at radius 1 is 1.06 bits per heavy atom. The van der Waals surface area contributed by atoms with Crippen LogP contribution in [0, 0.1) is 5.82 Å². The van der Waals surface area contributed by atoms with Crippen LogP contribution in [0.2, 0.25) is 0 Å². The number of esters is 1. The molecule has 0 fully saturated rings. The molecule has 0 aliphatic rings. The smallest absolute Gasteiger partial charge is 0.337 e. The number of methoxy groups -OCH3 is 1. The number of anilines is 1. The van der Waals surface area contributed by atoms with Crippen molar-refractivity contribution in [2.24, 2.45) is 0 Å². The summed E-state index contributed by atoms with van der Waals surface area (Å²) in [6, 6.07) is 13.0. The maximum atomic E-state index is 14.3. The molecule has 2 heterocycles. The van der Waals surface area contributed by atoms with Crippen molar-refractivity contribution in [1.29, 1.82) is 0 Å². The molecular formula is C22H16FN3O5S. The summed E-state index contributed by atoms with van der Waals surface area (Å²) in [7, 11) is 1.27. The van der Waals surface area contributed by atoms with Gasteiger partial charge >= 0.3 is 11.7 Å². The van der Waals surface area contributed by atoms with E-state index in [4.69, 9.17) is 0 Å². The third kappa shape index (κ3) is 3.83. The topological polar surface area (TPSA) is 99.4 Å². The minimum absolute atomic E-state index is 0.189. The molecular weight excluding hydrogens is 437 g/mol. The Morgan fingerprint density at radius 3 is 2.47 bits per heavy atom. The summed E-state index contributed by atoms with van der Waals surface area (Å²) in [6.45, 7) is -0.403. The van der Waals surface area contributed by atoms with Crippen LogP contribution in [0.4, 0.5) is 10.1 Å². The molecule has 0 saturated carbocycles. The van der Waals surface area contributed by atoms with Gasteiger partial charge in [-0.2, -0.15) is 0 Å². The molecule has 0 atom stereocenters. The predicted molar refractivity (Wildman–Crippen MR) is 118 cm³/mol. The van der Waals surface area contributed by atoms with Gasteiger partial charge in [-0.1, -0.05) is 12.1 Å². The fourth-order valence-corrected chi connectivity index (χ4v) is 4.06. The summed E-state index contributed by atoms with van der Waals surface area (Å²) in [5, 5.41) is 4.26. The molecule has 0 saturated heterocycles. The van der Waals surface area contributed by atoms with E-state index in [2.05, 4.69) is 10.1 Å². The number of carbonyl (C=O) groups excluding carboxylic acids is 2. The van der Waals surface area contributed by atoms with Crippen LogP contribution in [-0.4, -0.2) is 28.1 Å². The molecule has 8 nitrogen and oxygen atoms in total. The quantitative estimate of drug-likeness (QED) is 0.469. The molecule has 0 bridgehead atoms. The molecule has 32 heavy (non-hydrogen) atoms. The second kappa shape index (κ2) is 8.60. The lowest BCUT2D eigenvalue weighted by Gasteiger charge is -2.13. The standard InChI is InChI=1S/C22H16FN3O5S/c1-31-21(29)13-6-8-14(9-7-13)24-18(27)12-25-17-10-11-32-19(17)20(28)26(22(25)30)16-5-3-2-4-15(16)23/h2-11H,12H2,1H3,(H,24,27). The zero-order valence-corrected chi connectivity index (χ0v) is 17.5. The molecule has 10 heteroatoms. The second-order valence-corrected chi connectivity index (χ2v) is 7.63. The van der Waals surface area contributed by atoms with Gasteiger partial charge in [-0.25, -0.2) is 18.5 Å². The van der Waals surface area contributed by atoms with Crippen molar-refractivity contribution in [2.75, 3.05) is 12.4 Å². The average molecular weight is 453 g/mol. The van der Waals surface area contributed by atoms with E-state index in [1.54, 1.807) is 11.4 Å². The van der Waals surface area contributed by atoms with E-state index in [1.807, 2.05) is 0 Å². The molecule has 0 radical (unpaired) electrons. The van der Waals surface area contributed by atoms with Gasteiger partial charge in [0, 0.05) is 5.69 Å². The monoisotopic (exact) mass is 453 g/mol. The molecule has 2 aromatic carbocycles. The van der Waals surface area contributed by atoms with Crippen LogP contribution in [0.3, 0.4) is 0 Å². The fraction of sp³-hybridized carbons (Fsp3) is 0.0909. The third-order valence-electron chi connectivity index (χ3n) is 4.74. The second-order valence-electron chi connectivity index (χ2n) is 6.71. The molecule has 0 aliphatic heterocycles. The van der Waals surface area contributed by atoms with E-state index in [-0.39, 0.29) is 15.9 Å². The van der Waals surface area contributed by atoms with Crippen LogP contribution in [-0.2, 0) is 16.1 Å². The highest BCUT2D eigenvalue weighted by Gasteiger charge is 2.19. The third-order valence-corrected chi connectivity index (χ3v) is 5.63. The molecule has 0 spiro atoms. The van der Waals surface area contributed by atoms with Crippen LogP contribution >= 0.6 is 11.3 Å². The zero-order chi connectivity index (χ0) is 22.8. The first kappa shape index (κ1) is 21.2. The summed E-state index contributed by atoms with van der Waals surface area (Å²) in [5.74, 6) is -1.78. The van der Waals surface area contributed by atoms with Crippen molar-refractivity contribution in [3.8, 4) is 5.69 Å². The van der Waals surface area contributed by atoms with Crippen molar-refractivity contribution < 1.29 is 18.7 Å². The lowest BCUT2D eigenvalue weighted by molar-refractivity contribution is -0.116. The zero-order valence-electron chi connectivity index (χ0n) is 16.7. The van der Waals surface area contributed by atoms with Gasteiger partial charge in [0.05, 0.1) is 23.9 Å². The Labute approximate surface area is 184 Å². The number of nitrogens with zero attached hydrogens (tertiary/aromatic N) is 2. The van der Waals surface area contributed by atoms with Crippen LogP contribution in [0.1, 0.15) is 10.4 Å². The van der Waals surface area contributed by atoms with Gasteiger partial charge < -0.3 is 10.1 Å². The summed E-state index contributed by atoms with van der Waals surface area (Å²) in [6.07, 6.45) is 0. The number of para-hydroxylation sites is 1. The Bertz CT molecular complexity index is 1450. The summed E-state index contributed by atoms with van der Waals surface area (Å²) < 4.78 is 21.0. The number of rotatable bonds is 5. The number of nitrogens with one attached hydrogen (secondary N) is 1. The first-order valence-corrected chi connectivity index (χ1v) is 10.2. The summed E-state index contributed by atoms with van der Waals surface area (Å²) in [4.78, 5) is 50.2. The van der Waals surface area contributed by atoms with Gasteiger partial charge in [-0.3, -0.25) is 14.2 Å². The van der Waals surface area contributed by atoms with Gasteiger partial charge in [0.2, 0.25) is 5.91 Å². The van der Waals surface area contributed by atoms with Gasteiger partial charge in [0.15, 0.2) is 0 Å². The average Bonchev–Trinajstić information content (AvgIpc) is 3.28. The van der Waals surface area contributed by atoms with Crippen molar-refractivity contribution in [3.63, 3.8) is 0 Å². The highest BCUT2D eigenvalue weighted by Crippen LogP contribution is 2.18. The molecule has 1 amide bonds. The maximum Gasteiger partial charge on any atom is 0.337 e. The van der Waals surface area contributed by atoms with Crippen LogP contribution in [0.15, 0.2) is 69.6 Å². The molecule has 2 aromatic heterocycles. The highest BCUT2D eigenvalue weighted by atomic mass is 32.1. The van der Waals surface area contributed by atoms with Gasteiger partial charge in [0.25, 0.3) is 5.56 Å². The normalized spacial score (nSPS) is 10.8. The first-order valence-electron chi connectivity index (χ1n) is 9.37. The summed E-state index contributed by atoms with van der Waals surface area (Å²) >= 11 is 1.10. The van der Waals surface area contributed by atoms with Crippen molar-refractivity contribution >= 4 is 39.1 Å². The molecule has 1 N–H and O–H groups in total. The number of hydrogen-bond donors (Lipinski definition) is 1. The van der Waals surface area contributed by atoms with E-state index < -0.39 is 35.5 Å². The predicted octanol–water partition coefficient (Wildman–Crippen LogP) is 2.78.